The molecule has 2 saturated carbocycles. The molecule has 0 spiro atoms. The Morgan fingerprint density at radius 1 is 0.811 bits per heavy atom. The van der Waals surface area contributed by atoms with Crippen LogP contribution in [0.15, 0.2) is 73.4 Å². The number of aliphatic carboxylic acids is 1. The number of carbonyl (C=O) groups is 3. The van der Waals surface area contributed by atoms with Crippen LogP contribution >= 0.6 is 0 Å². The first-order valence-electron chi connectivity index (χ1n) is 20.0. The normalized spacial score (nSPS) is 24.4. The molecule has 0 heterocycles. The first-order chi connectivity index (χ1) is 25.3. The smallest absolute Gasteiger partial charge is 0.306 e. The molecule has 3 N–H and O–H groups in total. The number of aliphatic hydroxyl groups excluding tert-OH is 1. The van der Waals surface area contributed by atoms with Gasteiger partial charge in [0.1, 0.15) is 23.0 Å². The van der Waals surface area contributed by atoms with Gasteiger partial charge in [-0.15, -0.1) is 0 Å². The number of carboxylic acid groups (broad SMARTS) is 1. The van der Waals surface area contributed by atoms with Gasteiger partial charge in [0.2, 0.25) is 0 Å². The summed E-state index contributed by atoms with van der Waals surface area (Å²) in [5.41, 5.74) is -3.03. The summed E-state index contributed by atoms with van der Waals surface area (Å²) >= 11 is 0. The van der Waals surface area contributed by atoms with Crippen LogP contribution in [0.4, 0.5) is 8.78 Å². The maximum atomic E-state index is 15.1. The maximum absolute atomic E-state index is 15.1. The lowest BCUT2D eigenvalue weighted by molar-refractivity contribution is -0.158. The van der Waals surface area contributed by atoms with E-state index in [4.69, 9.17) is 9.84 Å². The highest BCUT2D eigenvalue weighted by Crippen LogP contribution is 2.38. The Morgan fingerprint density at radius 3 is 2.08 bits per heavy atom. The van der Waals surface area contributed by atoms with Crippen molar-refractivity contribution in [2.45, 2.75) is 160 Å². The maximum Gasteiger partial charge on any atom is 0.306 e. The molecule has 0 radical (unpaired) electrons. The number of Topliss-reactive ketones (excluding diaryl/α,β-unsaturated/α-hetero) is 1. The van der Waals surface area contributed by atoms with Crippen molar-refractivity contribution in [3.05, 3.63) is 73.4 Å². The molecule has 2 unspecified atom stereocenters. The van der Waals surface area contributed by atoms with Crippen molar-refractivity contribution in [1.29, 1.82) is 0 Å². The number of esters is 1. The lowest BCUT2D eigenvalue weighted by Crippen LogP contribution is -2.35. The van der Waals surface area contributed by atoms with Crippen molar-refractivity contribution in [1.82, 2.24) is 0 Å². The Labute approximate surface area is 317 Å². The zero-order valence-electron chi connectivity index (χ0n) is 32.3. The average Bonchev–Trinajstić information content (AvgIpc) is 3.65. The lowest BCUT2D eigenvalue weighted by Gasteiger charge is -2.31. The summed E-state index contributed by atoms with van der Waals surface area (Å²) in [6.45, 7) is 10.9. The molecule has 53 heavy (non-hydrogen) atoms. The fraction of sp³-hybridized carbons (Fsp3) is 0.659. The van der Waals surface area contributed by atoms with Crippen molar-refractivity contribution in [3.8, 4) is 0 Å². The number of rotatable bonds is 27. The van der Waals surface area contributed by atoms with E-state index in [9.17, 15) is 29.0 Å². The Balaban J connectivity index is 1.91. The number of aliphatic hydroxyl groups is 2. The van der Waals surface area contributed by atoms with Crippen LogP contribution in [0.25, 0.3) is 0 Å². The van der Waals surface area contributed by atoms with Gasteiger partial charge in [-0.1, -0.05) is 94.9 Å². The average molecular weight is 745 g/mol. The number of ketones is 1. The van der Waals surface area contributed by atoms with E-state index in [0.29, 0.717) is 83.5 Å². The fourth-order valence-electron chi connectivity index (χ4n) is 7.50. The van der Waals surface area contributed by atoms with Crippen LogP contribution in [0.2, 0.25) is 0 Å². The SMILES string of the molecule is C=C(F)C(O)(CC=C[C@H]1CC[C@@H](O)[C@@H]1CC=CCCCC(=O)OC(C/C=C/[C@H]1CCC(=O)[C@@H]1C/C=C\CCCC(=O)O)(CCCC)C(=C)F)CCCC. The second-order valence-electron chi connectivity index (χ2n) is 15.1. The molecule has 298 valence electrons. The zero-order valence-corrected chi connectivity index (χ0v) is 32.3. The van der Waals surface area contributed by atoms with E-state index in [1.54, 1.807) is 0 Å². The topological polar surface area (TPSA) is 121 Å². The number of hydrogen-bond donors (Lipinski definition) is 3. The van der Waals surface area contributed by atoms with Crippen LogP contribution in [0, 0.1) is 23.7 Å². The summed E-state index contributed by atoms with van der Waals surface area (Å²) in [7, 11) is 0. The van der Waals surface area contributed by atoms with E-state index < -0.39 is 40.9 Å². The minimum atomic E-state index is -1.56. The molecular formula is C44H66F2O7. The van der Waals surface area contributed by atoms with Crippen LogP contribution in [0.3, 0.4) is 0 Å². The Morgan fingerprint density at radius 2 is 1.43 bits per heavy atom. The third-order valence-electron chi connectivity index (χ3n) is 11.0. The molecule has 9 heteroatoms. The molecule has 7 nitrogen and oxygen atoms in total. The highest BCUT2D eigenvalue weighted by molar-refractivity contribution is 5.83. The summed E-state index contributed by atoms with van der Waals surface area (Å²) in [5.74, 6) is -2.59. The van der Waals surface area contributed by atoms with Crippen LogP contribution in [0.1, 0.15) is 142 Å². The molecule has 0 amide bonds. The molecule has 0 bridgehead atoms. The largest absolute Gasteiger partial charge is 0.481 e. The molecule has 0 aromatic heterocycles. The van der Waals surface area contributed by atoms with E-state index in [0.717, 1.165) is 19.3 Å². The first kappa shape index (κ1) is 46.0. The van der Waals surface area contributed by atoms with Gasteiger partial charge < -0.3 is 20.1 Å². The van der Waals surface area contributed by atoms with Gasteiger partial charge in [-0.2, -0.15) is 0 Å². The van der Waals surface area contributed by atoms with Gasteiger partial charge in [-0.3, -0.25) is 14.4 Å². The number of carbonyl (C=O) groups excluding carboxylic acids is 2. The number of allylic oxidation sites excluding steroid dienone is 6. The van der Waals surface area contributed by atoms with E-state index in [1.165, 1.54) is 0 Å². The number of ether oxygens (including phenoxy) is 1. The van der Waals surface area contributed by atoms with E-state index in [1.807, 2.05) is 62.5 Å². The first-order valence-corrected chi connectivity index (χ1v) is 20.0. The van der Waals surface area contributed by atoms with Crippen LogP contribution < -0.4 is 0 Å². The van der Waals surface area contributed by atoms with Crippen molar-refractivity contribution in [3.63, 3.8) is 0 Å². The number of carboxylic acids is 1. The second kappa shape index (κ2) is 24.3. The van der Waals surface area contributed by atoms with E-state index in [-0.39, 0.29) is 55.1 Å². The van der Waals surface area contributed by atoms with E-state index >= 15 is 4.39 Å². The molecule has 0 aromatic rings. The Kier molecular flexibility index (Phi) is 21.1. The minimum Gasteiger partial charge on any atom is -0.481 e. The standard InChI is InChI=1S/C44H66F2O7/c1-5-7-29-43(52,33(3)45)30-17-19-35-25-27-39(47)37(35)22-14-10-12-16-24-42(51)53-44(34(4)46,31-8-6-2)32-18-20-36-26-28-40(48)38(36)21-13-9-11-15-23-41(49)50/h9-10,13-14,17-20,35-39,47,52H,3-8,11-12,15-16,21-32H2,1-2H3,(H,49,50)/b13-9-,14-10?,19-17?,20-18+/t35-,36-,37+,38+,39+,43?,44?/m0/s1. The van der Waals surface area contributed by atoms with E-state index in [2.05, 4.69) is 13.2 Å². The third kappa shape index (κ3) is 16.0. The summed E-state index contributed by atoms with van der Waals surface area (Å²) in [6.07, 6.45) is 25.4. The molecule has 2 aliphatic carbocycles. The molecule has 0 aliphatic heterocycles. The van der Waals surface area contributed by atoms with Gasteiger partial charge in [-0.05, 0) is 94.8 Å². The van der Waals surface area contributed by atoms with Crippen molar-refractivity contribution < 1.29 is 43.2 Å². The molecular weight excluding hydrogens is 678 g/mol. The summed E-state index contributed by atoms with van der Waals surface area (Å²) < 4.78 is 35.0. The molecule has 0 saturated heterocycles. The number of halogens is 2. The predicted molar refractivity (Wildman–Crippen MR) is 207 cm³/mol. The van der Waals surface area contributed by atoms with Gasteiger partial charge in [-0.25, -0.2) is 8.78 Å². The zero-order chi connectivity index (χ0) is 39.3. The Hall–Kier alpha value is -3.17. The summed E-state index contributed by atoms with van der Waals surface area (Å²) in [4.78, 5) is 36.3. The highest BCUT2D eigenvalue weighted by atomic mass is 19.1. The van der Waals surface area contributed by atoms with Gasteiger partial charge in [0.25, 0.3) is 0 Å². The quantitative estimate of drug-likeness (QED) is 0.0435. The minimum absolute atomic E-state index is 0.000513. The lowest BCUT2D eigenvalue weighted by atomic mass is 9.88. The van der Waals surface area contributed by atoms with Crippen molar-refractivity contribution in [2.24, 2.45) is 23.7 Å². The monoisotopic (exact) mass is 744 g/mol. The van der Waals surface area contributed by atoms with Crippen molar-refractivity contribution >= 4 is 17.7 Å². The van der Waals surface area contributed by atoms with Crippen LogP contribution in [-0.4, -0.2) is 50.3 Å². The second-order valence-corrected chi connectivity index (χ2v) is 15.1. The number of unbranched alkanes of at least 4 members (excludes halogenated alkanes) is 4. The number of hydrogen-bond acceptors (Lipinski definition) is 6. The summed E-state index contributed by atoms with van der Waals surface area (Å²) in [5, 5.41) is 30.1. The highest BCUT2D eigenvalue weighted by Gasteiger charge is 2.38. The summed E-state index contributed by atoms with van der Waals surface area (Å²) in [6, 6.07) is 0. The van der Waals surface area contributed by atoms with Crippen LogP contribution in [0.5, 0.6) is 0 Å². The van der Waals surface area contributed by atoms with Gasteiger partial charge >= 0.3 is 11.9 Å². The molecule has 2 aliphatic rings. The van der Waals surface area contributed by atoms with Gasteiger partial charge in [0.15, 0.2) is 5.60 Å². The van der Waals surface area contributed by atoms with Gasteiger partial charge in [0.05, 0.1) is 6.10 Å². The predicted octanol–water partition coefficient (Wildman–Crippen LogP) is 10.5. The Bertz CT molecular complexity index is 1300. The van der Waals surface area contributed by atoms with Crippen molar-refractivity contribution in [2.75, 3.05) is 0 Å². The molecule has 0 aromatic carbocycles. The van der Waals surface area contributed by atoms with Crippen LogP contribution in [-0.2, 0) is 19.1 Å². The molecule has 7 atom stereocenters. The fourth-order valence-corrected chi connectivity index (χ4v) is 7.50. The van der Waals surface area contributed by atoms with Gasteiger partial charge in [0, 0.05) is 38.0 Å². The molecule has 2 fully saturated rings. The molecule has 2 rings (SSSR count). The third-order valence-corrected chi connectivity index (χ3v) is 11.0.